The predicted molar refractivity (Wildman–Crippen MR) is 313 cm³/mol. The van der Waals surface area contributed by atoms with Crippen LogP contribution in [-0.2, 0) is 14.2 Å². The van der Waals surface area contributed by atoms with Crippen molar-refractivity contribution in [2.24, 2.45) is 4.99 Å². The van der Waals surface area contributed by atoms with Gasteiger partial charge in [-0.15, -0.1) is 0 Å². The molecule has 436 valence electrons. The van der Waals surface area contributed by atoms with Gasteiger partial charge in [0.2, 0.25) is 5.88 Å². The number of halogens is 4. The number of anilines is 3. The molecule has 7 heterocycles. The maximum Gasteiger partial charge on any atom is 0.215 e. The average Bonchev–Trinajstić information content (AvgIpc) is 3.81. The zero-order chi connectivity index (χ0) is 60.8. The van der Waals surface area contributed by atoms with E-state index >= 15 is 0 Å². The number of nitrogens with zero attached hydrogens (tertiary/aromatic N) is 7. The van der Waals surface area contributed by atoms with Gasteiger partial charge in [-0.05, 0) is 126 Å². The Balaban J connectivity index is 0.000000221. The summed E-state index contributed by atoms with van der Waals surface area (Å²) in [5, 5.41) is 21.9. The molecule has 0 spiro atoms. The molecular formula is C59H61Cl2F2N9O11. The molecule has 9 aromatic rings. The Labute approximate surface area is 487 Å². The number of rotatable bonds is 15. The highest BCUT2D eigenvalue weighted by Gasteiger charge is 2.15. The number of carbonyl (C=O) groups excluding carboxylic acids is 2. The van der Waals surface area contributed by atoms with Crippen LogP contribution in [0.2, 0.25) is 10.0 Å². The topological polar surface area (TPSA) is 271 Å². The maximum absolute atomic E-state index is 13.2. The number of nitrogen functional groups attached to an aromatic ring is 1. The quantitative estimate of drug-likeness (QED) is 0.0422. The van der Waals surface area contributed by atoms with E-state index < -0.39 is 11.6 Å². The SMILES string of the molecule is COCOc1c(C=Nc2ccc(F)c(Cl)c2)ccnc1C.COCOc1c(C=O)ccnc1C.COCOc1cccnc1C.Cc1nccc(C=O)c1O.Cc1nccc2c(Nc3ccc(F)c(Cl)c3)c(N)oc12.Cc1ncccc1O. The molecule has 0 aliphatic carbocycles. The maximum atomic E-state index is 13.2. The summed E-state index contributed by atoms with van der Waals surface area (Å²) in [4.78, 5) is 49.0. The Morgan fingerprint density at radius 2 is 1.10 bits per heavy atom. The zero-order valence-corrected chi connectivity index (χ0v) is 48.2. The fraction of sp³-hybridized carbons (Fsp3) is 0.203. The van der Waals surface area contributed by atoms with Gasteiger partial charge in [0, 0.05) is 81.4 Å². The lowest BCUT2D eigenvalue weighted by Gasteiger charge is -2.09. The second-order valence-corrected chi connectivity index (χ2v) is 17.6. The summed E-state index contributed by atoms with van der Waals surface area (Å²) < 4.78 is 62.0. The Hall–Kier alpha value is -9.19. The van der Waals surface area contributed by atoms with E-state index in [1.807, 2.05) is 32.9 Å². The molecule has 0 aliphatic rings. The van der Waals surface area contributed by atoms with Gasteiger partial charge in [-0.1, -0.05) is 23.2 Å². The number of furan rings is 1. The van der Waals surface area contributed by atoms with Gasteiger partial charge in [-0.2, -0.15) is 0 Å². The number of aldehydes is 2. The van der Waals surface area contributed by atoms with Crippen LogP contribution in [0.4, 0.5) is 31.7 Å². The van der Waals surface area contributed by atoms with Gasteiger partial charge in [-0.3, -0.25) is 44.5 Å². The minimum Gasteiger partial charge on any atom is -0.506 e. The third-order valence-corrected chi connectivity index (χ3v) is 11.4. The third kappa shape index (κ3) is 21.0. The van der Waals surface area contributed by atoms with Gasteiger partial charge >= 0.3 is 0 Å². The summed E-state index contributed by atoms with van der Waals surface area (Å²) >= 11 is 11.5. The number of nitrogens with one attached hydrogen (secondary N) is 1. The van der Waals surface area contributed by atoms with E-state index in [-0.39, 0.29) is 53.4 Å². The molecule has 0 radical (unpaired) electrons. The first-order chi connectivity index (χ1) is 39.9. The fourth-order valence-corrected chi connectivity index (χ4v) is 6.93. The largest absolute Gasteiger partial charge is 0.506 e. The lowest BCUT2D eigenvalue weighted by atomic mass is 10.2. The monoisotopic (exact) mass is 1180 g/mol. The number of pyridine rings is 6. The molecular weight excluding hydrogens is 1120 g/mol. The Bertz CT molecular complexity index is 3540. The summed E-state index contributed by atoms with van der Waals surface area (Å²) in [5.41, 5.74) is 14.0. The number of fused-ring (bicyclic) bond motifs is 1. The molecule has 7 aromatic heterocycles. The lowest BCUT2D eigenvalue weighted by Crippen LogP contribution is -2.04. The molecule has 9 rings (SSSR count). The first-order valence-corrected chi connectivity index (χ1v) is 25.3. The molecule has 0 saturated heterocycles. The van der Waals surface area contributed by atoms with Crippen molar-refractivity contribution in [1.82, 2.24) is 29.9 Å². The van der Waals surface area contributed by atoms with Crippen LogP contribution in [0.3, 0.4) is 0 Å². The number of aromatic hydroxyl groups is 2. The number of carbonyl (C=O) groups is 2. The van der Waals surface area contributed by atoms with Gasteiger partial charge in [0.15, 0.2) is 50.0 Å². The molecule has 0 bridgehead atoms. The van der Waals surface area contributed by atoms with Gasteiger partial charge < -0.3 is 54.1 Å². The van der Waals surface area contributed by atoms with Crippen LogP contribution in [0.25, 0.3) is 11.0 Å². The molecule has 2 aromatic carbocycles. The van der Waals surface area contributed by atoms with Crippen molar-refractivity contribution >= 4 is 75.9 Å². The number of aryl methyl sites for hydroxylation is 6. The van der Waals surface area contributed by atoms with E-state index in [2.05, 4.69) is 40.2 Å². The minimum atomic E-state index is -0.473. The van der Waals surface area contributed by atoms with Crippen molar-refractivity contribution < 1.29 is 61.4 Å². The zero-order valence-electron chi connectivity index (χ0n) is 46.7. The smallest absolute Gasteiger partial charge is 0.215 e. The third-order valence-electron chi connectivity index (χ3n) is 10.8. The summed E-state index contributed by atoms with van der Waals surface area (Å²) in [6.07, 6.45) is 12.7. The minimum absolute atomic E-state index is 0.0301. The molecule has 0 fully saturated rings. The van der Waals surface area contributed by atoms with Crippen molar-refractivity contribution in [1.29, 1.82) is 0 Å². The molecule has 20 nitrogen and oxygen atoms in total. The van der Waals surface area contributed by atoms with Crippen LogP contribution in [-0.4, -0.2) is 101 Å². The highest BCUT2D eigenvalue weighted by Crippen LogP contribution is 2.36. The number of aliphatic imine (C=N–C) groups is 1. The van der Waals surface area contributed by atoms with Gasteiger partial charge in [0.05, 0.1) is 61.0 Å². The van der Waals surface area contributed by atoms with Crippen molar-refractivity contribution in [3.63, 3.8) is 0 Å². The molecule has 0 aliphatic heterocycles. The normalized spacial score (nSPS) is 10.2. The molecule has 5 N–H and O–H groups in total. The van der Waals surface area contributed by atoms with Gasteiger partial charge in [0.25, 0.3) is 0 Å². The second-order valence-electron chi connectivity index (χ2n) is 16.8. The van der Waals surface area contributed by atoms with Crippen molar-refractivity contribution in [2.45, 2.75) is 41.5 Å². The molecule has 0 saturated carbocycles. The fourth-order valence-electron chi connectivity index (χ4n) is 6.57. The van der Waals surface area contributed by atoms with E-state index in [4.69, 9.17) is 72.0 Å². The summed E-state index contributed by atoms with van der Waals surface area (Å²) in [7, 11) is 4.65. The summed E-state index contributed by atoms with van der Waals surface area (Å²) in [6, 6.07) is 22.3. The number of methoxy groups -OCH3 is 3. The van der Waals surface area contributed by atoms with Crippen molar-refractivity contribution in [3.05, 3.63) is 195 Å². The number of hydrogen-bond donors (Lipinski definition) is 4. The van der Waals surface area contributed by atoms with E-state index in [0.717, 1.165) is 40.1 Å². The van der Waals surface area contributed by atoms with E-state index in [0.29, 0.717) is 63.1 Å². The molecule has 0 atom stereocenters. The first kappa shape index (κ1) is 66.3. The van der Waals surface area contributed by atoms with Gasteiger partial charge in [0.1, 0.15) is 34.6 Å². The van der Waals surface area contributed by atoms with Crippen molar-refractivity contribution in [2.75, 3.05) is 52.8 Å². The lowest BCUT2D eigenvalue weighted by molar-refractivity contribution is 0.0496. The van der Waals surface area contributed by atoms with Crippen LogP contribution < -0.4 is 25.3 Å². The average molecular weight is 1180 g/mol. The molecule has 0 unspecified atom stereocenters. The van der Waals surface area contributed by atoms with Crippen LogP contribution in [0.5, 0.6) is 28.7 Å². The van der Waals surface area contributed by atoms with Crippen molar-refractivity contribution in [3.8, 4) is 28.7 Å². The van der Waals surface area contributed by atoms with Crippen LogP contribution in [0.1, 0.15) is 60.4 Å². The Morgan fingerprint density at radius 1 is 0.590 bits per heavy atom. The van der Waals surface area contributed by atoms with E-state index in [1.54, 1.807) is 115 Å². The second kappa shape index (κ2) is 34.8. The number of hydrogen-bond acceptors (Lipinski definition) is 20. The van der Waals surface area contributed by atoms with Crippen LogP contribution >= 0.6 is 23.2 Å². The first-order valence-electron chi connectivity index (χ1n) is 24.6. The van der Waals surface area contributed by atoms with E-state index in [9.17, 15) is 18.4 Å². The summed E-state index contributed by atoms with van der Waals surface area (Å²) in [6.45, 7) is 11.2. The summed E-state index contributed by atoms with van der Waals surface area (Å²) in [5.74, 6) is 1.38. The standard InChI is InChI=1S/C15H14ClFN2O2.C14H11ClFN3O.C9H11NO3.C8H11NO2.C7H7NO2.C6H7NO/c1-10-15(21-9-20-2)11(5-6-18-10)8-19-12-3-4-14(17)13(16)7-12;1-7-13-9(4-5-18-7)12(14(17)20-13)19-8-2-3-11(16)10(15)6-8;1-7-9(13-6-12-2)8(5-11)3-4-10-7;1-7-8(11-6-10-2)4-3-5-9-7;1-5-7(10)6(4-9)2-3-8-5;1-5-6(8)3-2-4-7-5/h3-8H,9H2,1-2H3;2-6,19H,17H2,1H3;3-5H,6H2,1-2H3;3-5H,6H2,1-2H3;2-4,10H,1H3;2-4,8H,1H3. The van der Waals surface area contributed by atoms with E-state index in [1.165, 1.54) is 43.6 Å². The number of benzene rings is 2. The molecule has 83 heavy (non-hydrogen) atoms. The highest BCUT2D eigenvalue weighted by molar-refractivity contribution is 6.31. The van der Waals surface area contributed by atoms with Gasteiger partial charge in [-0.25, -0.2) is 8.78 Å². The molecule has 24 heteroatoms. The Kier molecular flexibility index (Phi) is 27.8. The Morgan fingerprint density at radius 3 is 1.64 bits per heavy atom. The van der Waals surface area contributed by atoms with Crippen LogP contribution in [0.15, 0.2) is 132 Å². The number of aromatic nitrogens is 6. The highest BCUT2D eigenvalue weighted by atomic mass is 35.5. The van der Waals surface area contributed by atoms with Crippen LogP contribution in [0, 0.1) is 53.2 Å². The number of nitrogens with two attached hydrogens (primary N) is 1. The molecule has 0 amide bonds. The predicted octanol–water partition coefficient (Wildman–Crippen LogP) is 12.7. The number of ether oxygens (including phenoxy) is 6.